The van der Waals surface area contributed by atoms with Gasteiger partial charge >= 0.3 is 11.9 Å². The predicted molar refractivity (Wildman–Crippen MR) is 124 cm³/mol. The van der Waals surface area contributed by atoms with Crippen LogP contribution < -0.4 is 4.74 Å². The Labute approximate surface area is 197 Å². The third-order valence-corrected chi connectivity index (χ3v) is 5.36. The van der Waals surface area contributed by atoms with E-state index in [0.29, 0.717) is 19.3 Å². The van der Waals surface area contributed by atoms with E-state index in [4.69, 9.17) is 14.2 Å². The van der Waals surface area contributed by atoms with Crippen LogP contribution in [0.25, 0.3) is 0 Å². The molecule has 0 aliphatic heterocycles. The molecule has 0 aromatic heterocycles. The fraction of sp³-hybridized carbons (Fsp3) is 0.692. The van der Waals surface area contributed by atoms with E-state index in [1.54, 1.807) is 27.7 Å². The largest absolute Gasteiger partial charge is 0.483 e. The highest BCUT2D eigenvalue weighted by Gasteiger charge is 2.34. The minimum Gasteiger partial charge on any atom is -0.483 e. The van der Waals surface area contributed by atoms with Gasteiger partial charge in [-0.2, -0.15) is 0 Å². The lowest BCUT2D eigenvalue weighted by Crippen LogP contribution is -2.41. The highest BCUT2D eigenvalue weighted by molar-refractivity contribution is 5.80. The van der Waals surface area contributed by atoms with Crippen molar-refractivity contribution in [2.45, 2.75) is 98.9 Å². The average Bonchev–Trinajstić information content (AvgIpc) is 2.68. The van der Waals surface area contributed by atoms with E-state index >= 15 is 0 Å². The Morgan fingerprint density at radius 2 is 1.64 bits per heavy atom. The van der Waals surface area contributed by atoms with E-state index in [0.717, 1.165) is 18.2 Å². The zero-order valence-corrected chi connectivity index (χ0v) is 21.2. The van der Waals surface area contributed by atoms with Gasteiger partial charge < -0.3 is 14.2 Å². The first-order valence-electron chi connectivity index (χ1n) is 11.8. The van der Waals surface area contributed by atoms with Gasteiger partial charge in [0.15, 0.2) is 11.6 Å². The number of carbonyl (C=O) groups is 2. The molecule has 1 rings (SSSR count). The summed E-state index contributed by atoms with van der Waals surface area (Å²) in [5.74, 6) is -3.08. The van der Waals surface area contributed by atoms with Crippen molar-refractivity contribution in [2.24, 2.45) is 17.8 Å². The molecule has 0 bridgehead atoms. The van der Waals surface area contributed by atoms with Gasteiger partial charge in [-0.1, -0.05) is 27.7 Å². The first-order chi connectivity index (χ1) is 15.3. The molecule has 0 aliphatic carbocycles. The Morgan fingerprint density at radius 1 is 1.03 bits per heavy atom. The third-order valence-electron chi connectivity index (χ3n) is 5.36. The molecule has 0 saturated carbocycles. The molecule has 0 fully saturated rings. The maximum atomic E-state index is 14.2. The third kappa shape index (κ3) is 10.1. The number of rotatable bonds is 12. The lowest BCUT2D eigenvalue weighted by molar-refractivity contribution is -0.167. The predicted octanol–water partition coefficient (Wildman–Crippen LogP) is 6.47. The average molecular weight is 471 g/mol. The fourth-order valence-corrected chi connectivity index (χ4v) is 3.81. The van der Waals surface area contributed by atoms with Crippen molar-refractivity contribution in [3.05, 3.63) is 29.8 Å². The molecule has 1 aromatic rings. The molecule has 188 valence electrons. The van der Waals surface area contributed by atoms with Crippen molar-refractivity contribution in [3.63, 3.8) is 0 Å². The van der Waals surface area contributed by atoms with Crippen LogP contribution in [0.2, 0.25) is 0 Å². The molecule has 7 heteroatoms. The van der Waals surface area contributed by atoms with Crippen LogP contribution >= 0.6 is 0 Å². The van der Waals surface area contributed by atoms with Gasteiger partial charge in [0.1, 0.15) is 23.6 Å². The van der Waals surface area contributed by atoms with Gasteiger partial charge in [0.2, 0.25) is 0 Å². The molecule has 0 aliphatic rings. The molecular formula is C26H40F2O5. The van der Waals surface area contributed by atoms with Crippen molar-refractivity contribution >= 4 is 11.9 Å². The first kappa shape index (κ1) is 28.9. The maximum absolute atomic E-state index is 14.2. The SMILES string of the molecule is CCC(CC)[C@H](Oc1cc(F)ccc1F)[C@H](C)OC(=O)[C@@H](CC(=O)OC(C)(C)C)CC(C)C. The van der Waals surface area contributed by atoms with Gasteiger partial charge in [0, 0.05) is 6.07 Å². The summed E-state index contributed by atoms with van der Waals surface area (Å²) in [5.41, 5.74) is -0.653. The van der Waals surface area contributed by atoms with E-state index < -0.39 is 47.3 Å². The molecule has 3 atom stereocenters. The van der Waals surface area contributed by atoms with Crippen molar-refractivity contribution in [2.75, 3.05) is 0 Å². The number of benzene rings is 1. The quantitative estimate of drug-likeness (QED) is 0.328. The van der Waals surface area contributed by atoms with Crippen LogP contribution in [0, 0.1) is 29.4 Å². The van der Waals surface area contributed by atoms with Crippen LogP contribution in [0.4, 0.5) is 8.78 Å². The Hall–Kier alpha value is -2.18. The molecule has 0 unspecified atom stereocenters. The maximum Gasteiger partial charge on any atom is 0.309 e. The fourth-order valence-electron chi connectivity index (χ4n) is 3.81. The van der Waals surface area contributed by atoms with Crippen LogP contribution in [-0.4, -0.2) is 29.7 Å². The minimum absolute atomic E-state index is 0.0510. The number of hydrogen-bond acceptors (Lipinski definition) is 5. The van der Waals surface area contributed by atoms with Gasteiger partial charge in [-0.15, -0.1) is 0 Å². The normalized spacial score (nSPS) is 14.7. The van der Waals surface area contributed by atoms with Crippen molar-refractivity contribution in [1.29, 1.82) is 0 Å². The number of carbonyl (C=O) groups excluding carboxylic acids is 2. The summed E-state index contributed by atoms with van der Waals surface area (Å²) in [7, 11) is 0. The molecule has 0 radical (unpaired) electrons. The van der Waals surface area contributed by atoms with Crippen molar-refractivity contribution in [3.8, 4) is 5.75 Å². The second-order valence-electron chi connectivity index (χ2n) is 9.99. The van der Waals surface area contributed by atoms with E-state index in [1.807, 2.05) is 27.7 Å². The lowest BCUT2D eigenvalue weighted by Gasteiger charge is -2.32. The van der Waals surface area contributed by atoms with E-state index in [9.17, 15) is 18.4 Å². The zero-order chi connectivity index (χ0) is 25.3. The summed E-state index contributed by atoms with van der Waals surface area (Å²) in [6, 6.07) is 3.01. The highest BCUT2D eigenvalue weighted by atomic mass is 19.1. The molecule has 0 saturated heterocycles. The monoisotopic (exact) mass is 470 g/mol. The molecule has 0 amide bonds. The molecule has 5 nitrogen and oxygen atoms in total. The van der Waals surface area contributed by atoms with Crippen LogP contribution in [-0.2, 0) is 19.1 Å². The molecule has 0 heterocycles. The first-order valence-corrected chi connectivity index (χ1v) is 11.8. The number of halogens is 2. The summed E-state index contributed by atoms with van der Waals surface area (Å²) in [6.07, 6.45) is 0.358. The van der Waals surface area contributed by atoms with Gasteiger partial charge in [0.05, 0.1) is 12.3 Å². The van der Waals surface area contributed by atoms with Crippen LogP contribution in [0.15, 0.2) is 18.2 Å². The summed E-state index contributed by atoms with van der Waals surface area (Å²) in [6.45, 7) is 14.8. The summed E-state index contributed by atoms with van der Waals surface area (Å²) in [4.78, 5) is 25.4. The number of ether oxygens (including phenoxy) is 3. The second kappa shape index (κ2) is 12.9. The molecule has 33 heavy (non-hydrogen) atoms. The number of esters is 2. The Morgan fingerprint density at radius 3 is 2.15 bits per heavy atom. The summed E-state index contributed by atoms with van der Waals surface area (Å²) >= 11 is 0. The molecule has 0 spiro atoms. The van der Waals surface area contributed by atoms with Gasteiger partial charge in [-0.05, 0) is 70.9 Å². The van der Waals surface area contributed by atoms with Crippen LogP contribution in [0.5, 0.6) is 5.75 Å². The van der Waals surface area contributed by atoms with Gasteiger partial charge in [-0.25, -0.2) is 8.78 Å². The van der Waals surface area contributed by atoms with Crippen LogP contribution in [0.1, 0.15) is 81.1 Å². The number of hydrogen-bond donors (Lipinski definition) is 0. The summed E-state index contributed by atoms with van der Waals surface area (Å²) < 4.78 is 44.9. The topological polar surface area (TPSA) is 61.8 Å². The standard InChI is InChI=1S/C26H40F2O5/c1-9-18(10-2)24(32-22-15-20(27)11-12-21(22)28)17(5)31-25(30)19(13-16(3)4)14-23(29)33-26(6,7)8/h11-12,15-19,24H,9-10,13-14H2,1-8H3/t17-,19+,24+/m0/s1. The Kier molecular flexibility index (Phi) is 11.3. The van der Waals surface area contributed by atoms with Gasteiger partial charge in [-0.3, -0.25) is 9.59 Å². The zero-order valence-electron chi connectivity index (χ0n) is 21.2. The molecule has 0 N–H and O–H groups in total. The van der Waals surface area contributed by atoms with Crippen molar-refractivity contribution in [1.82, 2.24) is 0 Å². The highest BCUT2D eigenvalue weighted by Crippen LogP contribution is 2.28. The summed E-state index contributed by atoms with van der Waals surface area (Å²) in [5, 5.41) is 0. The Bertz CT molecular complexity index is 768. The van der Waals surface area contributed by atoms with E-state index in [1.165, 1.54) is 0 Å². The van der Waals surface area contributed by atoms with E-state index in [-0.39, 0.29) is 24.0 Å². The molecule has 1 aromatic carbocycles. The minimum atomic E-state index is -0.738. The second-order valence-corrected chi connectivity index (χ2v) is 9.99. The van der Waals surface area contributed by atoms with Crippen molar-refractivity contribution < 1.29 is 32.6 Å². The Balaban J connectivity index is 3.05. The van der Waals surface area contributed by atoms with Crippen LogP contribution in [0.3, 0.4) is 0 Å². The molecular weight excluding hydrogens is 430 g/mol. The van der Waals surface area contributed by atoms with E-state index in [2.05, 4.69) is 0 Å². The smallest absolute Gasteiger partial charge is 0.309 e. The lowest BCUT2D eigenvalue weighted by atomic mass is 9.92. The van der Waals surface area contributed by atoms with Gasteiger partial charge in [0.25, 0.3) is 0 Å².